The van der Waals surface area contributed by atoms with E-state index in [1.165, 1.54) is 12.0 Å². The number of hydrogen-bond acceptors (Lipinski definition) is 3. The molecule has 1 fully saturated rings. The molecule has 2 aliphatic rings. The van der Waals surface area contributed by atoms with E-state index in [1.54, 1.807) is 0 Å². The molecule has 2 heterocycles. The molecule has 2 atom stereocenters. The molecule has 0 spiro atoms. The predicted molar refractivity (Wildman–Crippen MR) is 61.2 cm³/mol. The van der Waals surface area contributed by atoms with Gasteiger partial charge in [-0.1, -0.05) is 6.08 Å². The van der Waals surface area contributed by atoms with Crippen molar-refractivity contribution in [1.29, 1.82) is 0 Å². The van der Waals surface area contributed by atoms with Gasteiger partial charge in [-0.2, -0.15) is 0 Å². The first-order valence-corrected chi connectivity index (χ1v) is 5.75. The van der Waals surface area contributed by atoms with Crippen LogP contribution in [-0.4, -0.2) is 35.9 Å². The number of nitrogens with one attached hydrogen (secondary N) is 1. The minimum absolute atomic E-state index is 0.321. The molecular formula is C12H20N2O. The minimum atomic E-state index is 0.321. The molecule has 84 valence electrons. The fourth-order valence-electron chi connectivity index (χ4n) is 2.29. The summed E-state index contributed by atoms with van der Waals surface area (Å²) in [6.07, 6.45) is 9.10. The Balaban J connectivity index is 1.91. The quantitative estimate of drug-likeness (QED) is 0.713. The van der Waals surface area contributed by atoms with Crippen LogP contribution in [-0.2, 0) is 0 Å². The number of piperidine rings is 1. The molecule has 0 aromatic carbocycles. The molecule has 0 radical (unpaired) electrons. The van der Waals surface area contributed by atoms with Gasteiger partial charge in [0.25, 0.3) is 0 Å². The summed E-state index contributed by atoms with van der Waals surface area (Å²) in [4.78, 5) is 2.41. The number of allylic oxidation sites excluding steroid dienone is 2. The zero-order chi connectivity index (χ0) is 10.7. The number of hydrogen-bond donors (Lipinski definition) is 2. The highest BCUT2D eigenvalue weighted by molar-refractivity contribution is 5.21. The van der Waals surface area contributed by atoms with Gasteiger partial charge in [0.1, 0.15) is 0 Å². The predicted octanol–water partition coefficient (Wildman–Crippen LogP) is 1.08. The van der Waals surface area contributed by atoms with E-state index >= 15 is 0 Å². The highest BCUT2D eigenvalue weighted by atomic mass is 16.3. The van der Waals surface area contributed by atoms with Gasteiger partial charge in [-0.15, -0.1) is 0 Å². The van der Waals surface area contributed by atoms with Gasteiger partial charge in [0.05, 0.1) is 6.17 Å². The van der Waals surface area contributed by atoms with E-state index in [2.05, 4.69) is 35.5 Å². The lowest BCUT2D eigenvalue weighted by Crippen LogP contribution is -2.48. The molecular weight excluding hydrogens is 188 g/mol. The second-order valence-electron chi connectivity index (χ2n) is 4.54. The van der Waals surface area contributed by atoms with Gasteiger partial charge in [0.2, 0.25) is 0 Å². The molecule has 2 N–H and O–H groups in total. The Kier molecular flexibility index (Phi) is 3.44. The van der Waals surface area contributed by atoms with Gasteiger partial charge in [-0.25, -0.2) is 0 Å². The second-order valence-corrected chi connectivity index (χ2v) is 4.54. The van der Waals surface area contributed by atoms with Crippen LogP contribution in [0.25, 0.3) is 0 Å². The smallest absolute Gasteiger partial charge is 0.0985 e. The van der Waals surface area contributed by atoms with Gasteiger partial charge in [-0.3, -0.25) is 4.90 Å². The molecule has 2 aliphatic heterocycles. The molecule has 3 heteroatoms. The maximum absolute atomic E-state index is 9.17. The summed E-state index contributed by atoms with van der Waals surface area (Å²) < 4.78 is 0. The van der Waals surface area contributed by atoms with Crippen LogP contribution in [0.5, 0.6) is 0 Å². The normalized spacial score (nSPS) is 32.3. The van der Waals surface area contributed by atoms with Gasteiger partial charge < -0.3 is 10.4 Å². The van der Waals surface area contributed by atoms with Crippen LogP contribution < -0.4 is 5.32 Å². The summed E-state index contributed by atoms with van der Waals surface area (Å²) in [5.41, 5.74) is 1.27. The SMILES string of the molecule is CC1=CNC(N2CCC[C@H](CO)C2)C=C1. The highest BCUT2D eigenvalue weighted by Gasteiger charge is 2.24. The summed E-state index contributed by atoms with van der Waals surface area (Å²) in [5.74, 6) is 0.459. The van der Waals surface area contributed by atoms with Crippen LogP contribution in [0, 0.1) is 5.92 Å². The van der Waals surface area contributed by atoms with Crippen LogP contribution in [0.4, 0.5) is 0 Å². The molecule has 0 aliphatic carbocycles. The van der Waals surface area contributed by atoms with Crippen molar-refractivity contribution in [3.8, 4) is 0 Å². The van der Waals surface area contributed by atoms with Crippen LogP contribution in [0.15, 0.2) is 23.9 Å². The van der Waals surface area contributed by atoms with E-state index in [-0.39, 0.29) is 0 Å². The molecule has 3 nitrogen and oxygen atoms in total. The number of rotatable bonds is 2. The van der Waals surface area contributed by atoms with Crippen molar-refractivity contribution in [2.45, 2.75) is 25.9 Å². The molecule has 1 unspecified atom stereocenters. The monoisotopic (exact) mass is 208 g/mol. The first-order chi connectivity index (χ1) is 7.29. The molecule has 0 aromatic rings. The average Bonchev–Trinajstić information content (AvgIpc) is 2.30. The third-order valence-corrected chi connectivity index (χ3v) is 3.23. The van der Waals surface area contributed by atoms with Crippen LogP contribution >= 0.6 is 0 Å². The summed E-state index contributed by atoms with van der Waals surface area (Å²) in [6, 6.07) is 0. The minimum Gasteiger partial charge on any atom is -0.396 e. The molecule has 2 rings (SSSR count). The Morgan fingerprint density at radius 1 is 1.60 bits per heavy atom. The molecule has 1 saturated heterocycles. The van der Waals surface area contributed by atoms with Crippen molar-refractivity contribution < 1.29 is 5.11 Å². The third kappa shape index (κ3) is 2.61. The summed E-state index contributed by atoms with van der Waals surface area (Å²) in [5, 5.41) is 12.6. The molecule has 0 amide bonds. The van der Waals surface area contributed by atoms with E-state index < -0.39 is 0 Å². The first kappa shape index (κ1) is 10.7. The fraction of sp³-hybridized carbons (Fsp3) is 0.667. The first-order valence-electron chi connectivity index (χ1n) is 5.75. The second kappa shape index (κ2) is 4.81. The zero-order valence-corrected chi connectivity index (χ0v) is 9.32. The van der Waals surface area contributed by atoms with Gasteiger partial charge in [0.15, 0.2) is 0 Å². The van der Waals surface area contributed by atoms with Crippen molar-refractivity contribution >= 4 is 0 Å². The lowest BCUT2D eigenvalue weighted by atomic mass is 9.98. The van der Waals surface area contributed by atoms with Crippen molar-refractivity contribution in [2.75, 3.05) is 19.7 Å². The molecule has 15 heavy (non-hydrogen) atoms. The van der Waals surface area contributed by atoms with Gasteiger partial charge in [-0.05, 0) is 37.3 Å². The lowest BCUT2D eigenvalue weighted by Gasteiger charge is -2.37. The van der Waals surface area contributed by atoms with E-state index in [1.807, 2.05) is 0 Å². The fourth-order valence-corrected chi connectivity index (χ4v) is 2.29. The Morgan fingerprint density at radius 3 is 3.13 bits per heavy atom. The Hall–Kier alpha value is -0.800. The number of dihydropyridines is 1. The van der Waals surface area contributed by atoms with Crippen LogP contribution in [0.2, 0.25) is 0 Å². The van der Waals surface area contributed by atoms with Crippen LogP contribution in [0.1, 0.15) is 19.8 Å². The maximum atomic E-state index is 9.17. The maximum Gasteiger partial charge on any atom is 0.0985 e. The summed E-state index contributed by atoms with van der Waals surface area (Å²) >= 11 is 0. The molecule has 0 aromatic heterocycles. The topological polar surface area (TPSA) is 35.5 Å². The largest absolute Gasteiger partial charge is 0.396 e. The lowest BCUT2D eigenvalue weighted by molar-refractivity contribution is 0.0955. The Labute approximate surface area is 91.5 Å². The van der Waals surface area contributed by atoms with Crippen molar-refractivity contribution in [2.24, 2.45) is 5.92 Å². The number of nitrogens with zero attached hydrogens (tertiary/aromatic N) is 1. The summed E-state index contributed by atoms with van der Waals surface area (Å²) in [7, 11) is 0. The highest BCUT2D eigenvalue weighted by Crippen LogP contribution is 2.19. The van der Waals surface area contributed by atoms with Crippen molar-refractivity contribution in [1.82, 2.24) is 10.2 Å². The number of aliphatic hydroxyl groups excluding tert-OH is 1. The van der Waals surface area contributed by atoms with Crippen LogP contribution in [0.3, 0.4) is 0 Å². The zero-order valence-electron chi connectivity index (χ0n) is 9.32. The number of likely N-dealkylation sites (tertiary alicyclic amines) is 1. The van der Waals surface area contributed by atoms with E-state index in [0.29, 0.717) is 18.7 Å². The molecule has 0 saturated carbocycles. The van der Waals surface area contributed by atoms with E-state index in [0.717, 1.165) is 19.5 Å². The van der Waals surface area contributed by atoms with Crippen molar-refractivity contribution in [3.63, 3.8) is 0 Å². The standard InChI is InChI=1S/C12H20N2O/c1-10-4-5-12(13-7-10)14-6-2-3-11(8-14)9-15/h4-5,7,11-13,15H,2-3,6,8-9H2,1H3/t11-,12?/m0/s1. The van der Waals surface area contributed by atoms with E-state index in [4.69, 9.17) is 0 Å². The van der Waals surface area contributed by atoms with Gasteiger partial charge >= 0.3 is 0 Å². The average molecular weight is 208 g/mol. The number of aliphatic hydroxyl groups is 1. The third-order valence-electron chi connectivity index (χ3n) is 3.23. The molecule has 0 bridgehead atoms. The van der Waals surface area contributed by atoms with Gasteiger partial charge in [0, 0.05) is 25.9 Å². The Bertz CT molecular complexity index is 273. The Morgan fingerprint density at radius 2 is 2.47 bits per heavy atom. The summed E-state index contributed by atoms with van der Waals surface area (Å²) in [6.45, 7) is 4.55. The van der Waals surface area contributed by atoms with E-state index in [9.17, 15) is 5.11 Å². The van der Waals surface area contributed by atoms with Crippen molar-refractivity contribution in [3.05, 3.63) is 23.9 Å².